The fourth-order valence-electron chi connectivity index (χ4n) is 1.67. The number of pyridine rings is 1. The fraction of sp³-hybridized carbons (Fsp3) is 0.154. The topological polar surface area (TPSA) is 85.1 Å². The number of hydrogen-bond acceptors (Lipinski definition) is 4. The molecule has 0 amide bonds. The largest absolute Gasteiger partial charge is 0.396 e. The maximum Gasteiger partial charge on any atom is 0.241 e. The van der Waals surface area contributed by atoms with Gasteiger partial charge in [0.2, 0.25) is 10.0 Å². The van der Waals surface area contributed by atoms with Crippen molar-refractivity contribution in [3.05, 3.63) is 54.1 Å². The highest BCUT2D eigenvalue weighted by atomic mass is 32.2. The lowest BCUT2D eigenvalue weighted by Gasteiger charge is -2.14. The minimum Gasteiger partial charge on any atom is -0.396 e. The number of nitrogens with one attached hydrogen (secondary N) is 1. The Balaban J connectivity index is 2.25. The molecule has 0 saturated heterocycles. The van der Waals surface area contributed by atoms with E-state index in [1.807, 2.05) is 0 Å². The minimum absolute atomic E-state index is 0.0956. The molecule has 0 fully saturated rings. The number of nitrogen functional groups attached to an aromatic ring is 1. The summed E-state index contributed by atoms with van der Waals surface area (Å²) in [6.07, 6.45) is 1.57. The van der Waals surface area contributed by atoms with Crippen molar-refractivity contribution in [3.63, 3.8) is 0 Å². The molecule has 1 heterocycles. The van der Waals surface area contributed by atoms with Crippen molar-refractivity contribution < 1.29 is 12.8 Å². The standard InChI is InChI=1S/C13H14FN3O2S/c1-9(13-4-2-3-7-16-13)17-20(18,19)10-5-6-12(15)11(14)8-10/h2-9,17H,15H2,1H3. The van der Waals surface area contributed by atoms with Gasteiger partial charge in [0.1, 0.15) is 5.82 Å². The summed E-state index contributed by atoms with van der Waals surface area (Å²) >= 11 is 0. The maximum atomic E-state index is 13.3. The number of benzene rings is 1. The second kappa shape index (κ2) is 5.56. The van der Waals surface area contributed by atoms with E-state index >= 15 is 0 Å². The summed E-state index contributed by atoms with van der Waals surface area (Å²) in [4.78, 5) is 3.89. The molecule has 1 atom stereocenters. The predicted molar refractivity (Wildman–Crippen MR) is 73.8 cm³/mol. The SMILES string of the molecule is CC(NS(=O)(=O)c1ccc(N)c(F)c1)c1ccccn1. The van der Waals surface area contributed by atoms with Crippen LogP contribution in [0.4, 0.5) is 10.1 Å². The summed E-state index contributed by atoms with van der Waals surface area (Å²) in [7, 11) is -3.83. The Labute approximate surface area is 116 Å². The van der Waals surface area contributed by atoms with E-state index < -0.39 is 21.9 Å². The smallest absolute Gasteiger partial charge is 0.241 e. The lowest BCUT2D eigenvalue weighted by molar-refractivity contribution is 0.561. The normalized spacial score (nSPS) is 13.1. The molecule has 2 rings (SSSR count). The molecule has 0 spiro atoms. The molecule has 1 aromatic carbocycles. The molecule has 0 saturated carbocycles. The van der Waals surface area contributed by atoms with Gasteiger partial charge in [0.05, 0.1) is 22.3 Å². The van der Waals surface area contributed by atoms with Crippen LogP contribution < -0.4 is 10.5 Å². The van der Waals surface area contributed by atoms with Crippen molar-refractivity contribution in [1.82, 2.24) is 9.71 Å². The molecule has 7 heteroatoms. The van der Waals surface area contributed by atoms with E-state index in [9.17, 15) is 12.8 Å². The molecule has 5 nitrogen and oxygen atoms in total. The molecule has 106 valence electrons. The van der Waals surface area contributed by atoms with Crippen LogP contribution in [0.15, 0.2) is 47.5 Å². The highest BCUT2D eigenvalue weighted by Crippen LogP contribution is 2.18. The summed E-state index contributed by atoms with van der Waals surface area (Å²) < 4.78 is 40.0. The van der Waals surface area contributed by atoms with Gasteiger partial charge < -0.3 is 5.73 Å². The number of nitrogens with two attached hydrogens (primary N) is 1. The van der Waals surface area contributed by atoms with Gasteiger partial charge in [-0.05, 0) is 37.3 Å². The molecule has 0 aliphatic carbocycles. The number of halogens is 1. The van der Waals surface area contributed by atoms with Gasteiger partial charge in [-0.25, -0.2) is 17.5 Å². The van der Waals surface area contributed by atoms with Crippen molar-refractivity contribution in [2.24, 2.45) is 0 Å². The molecule has 0 aliphatic rings. The summed E-state index contributed by atoms with van der Waals surface area (Å²) in [5.74, 6) is -0.765. The first kappa shape index (κ1) is 14.4. The van der Waals surface area contributed by atoms with E-state index in [1.54, 1.807) is 31.3 Å². The fourth-order valence-corrected chi connectivity index (χ4v) is 2.90. The lowest BCUT2D eigenvalue weighted by Crippen LogP contribution is -2.27. The highest BCUT2D eigenvalue weighted by molar-refractivity contribution is 7.89. The van der Waals surface area contributed by atoms with Gasteiger partial charge in [0.25, 0.3) is 0 Å². The van der Waals surface area contributed by atoms with Gasteiger partial charge in [-0.1, -0.05) is 6.07 Å². The number of nitrogens with zero attached hydrogens (tertiary/aromatic N) is 1. The Kier molecular flexibility index (Phi) is 4.01. The third-order valence-corrected chi connectivity index (χ3v) is 4.28. The van der Waals surface area contributed by atoms with E-state index in [1.165, 1.54) is 12.1 Å². The van der Waals surface area contributed by atoms with Crippen LogP contribution in [0.3, 0.4) is 0 Å². The zero-order chi connectivity index (χ0) is 14.8. The van der Waals surface area contributed by atoms with Crippen LogP contribution in [0.5, 0.6) is 0 Å². The molecule has 2 aromatic rings. The molecule has 3 N–H and O–H groups in total. The van der Waals surface area contributed by atoms with Crippen LogP contribution in [0.2, 0.25) is 0 Å². The molecule has 1 unspecified atom stereocenters. The average Bonchev–Trinajstić information content (AvgIpc) is 2.42. The third-order valence-electron chi connectivity index (χ3n) is 2.75. The van der Waals surface area contributed by atoms with E-state index in [4.69, 9.17) is 5.73 Å². The summed E-state index contributed by atoms with van der Waals surface area (Å²) in [5, 5.41) is 0. The predicted octanol–water partition coefficient (Wildman–Crippen LogP) is 1.84. The summed E-state index contributed by atoms with van der Waals surface area (Å²) in [6.45, 7) is 1.66. The molecule has 0 bridgehead atoms. The lowest BCUT2D eigenvalue weighted by atomic mass is 10.2. The molecule has 0 radical (unpaired) electrons. The van der Waals surface area contributed by atoms with Crippen LogP contribution in [0.1, 0.15) is 18.7 Å². The summed E-state index contributed by atoms with van der Waals surface area (Å²) in [6, 6.07) is 8.04. The number of rotatable bonds is 4. The van der Waals surface area contributed by atoms with E-state index in [0.717, 1.165) is 6.07 Å². The number of anilines is 1. The second-order valence-electron chi connectivity index (χ2n) is 4.28. The van der Waals surface area contributed by atoms with E-state index in [-0.39, 0.29) is 10.6 Å². The Morgan fingerprint density at radius 1 is 1.30 bits per heavy atom. The zero-order valence-corrected chi connectivity index (χ0v) is 11.6. The van der Waals surface area contributed by atoms with Gasteiger partial charge in [-0.2, -0.15) is 0 Å². The molecular formula is C13H14FN3O2S. The van der Waals surface area contributed by atoms with E-state index in [2.05, 4.69) is 9.71 Å². The monoisotopic (exact) mass is 295 g/mol. The van der Waals surface area contributed by atoms with Crippen LogP contribution in [0, 0.1) is 5.82 Å². The van der Waals surface area contributed by atoms with Crippen molar-refractivity contribution in [2.75, 3.05) is 5.73 Å². The Morgan fingerprint density at radius 3 is 2.65 bits per heavy atom. The molecular weight excluding hydrogens is 281 g/mol. The highest BCUT2D eigenvalue weighted by Gasteiger charge is 2.20. The van der Waals surface area contributed by atoms with Crippen LogP contribution >= 0.6 is 0 Å². The number of sulfonamides is 1. The van der Waals surface area contributed by atoms with Crippen molar-refractivity contribution in [1.29, 1.82) is 0 Å². The molecule has 1 aromatic heterocycles. The number of aromatic nitrogens is 1. The van der Waals surface area contributed by atoms with Gasteiger partial charge >= 0.3 is 0 Å². The Morgan fingerprint density at radius 2 is 2.05 bits per heavy atom. The summed E-state index contributed by atoms with van der Waals surface area (Å²) in [5.41, 5.74) is 5.80. The van der Waals surface area contributed by atoms with Crippen LogP contribution in [-0.2, 0) is 10.0 Å². The average molecular weight is 295 g/mol. The van der Waals surface area contributed by atoms with Crippen LogP contribution in [0.25, 0.3) is 0 Å². The van der Waals surface area contributed by atoms with Gasteiger partial charge in [-0.3, -0.25) is 4.98 Å². The maximum absolute atomic E-state index is 13.3. The van der Waals surface area contributed by atoms with Crippen molar-refractivity contribution in [2.45, 2.75) is 17.9 Å². The van der Waals surface area contributed by atoms with Gasteiger partial charge in [0, 0.05) is 6.20 Å². The second-order valence-corrected chi connectivity index (χ2v) is 5.99. The third kappa shape index (κ3) is 3.12. The Hall–Kier alpha value is -1.99. The molecule has 0 aliphatic heterocycles. The van der Waals surface area contributed by atoms with Gasteiger partial charge in [-0.15, -0.1) is 0 Å². The minimum atomic E-state index is -3.83. The zero-order valence-electron chi connectivity index (χ0n) is 10.7. The van der Waals surface area contributed by atoms with Gasteiger partial charge in [0.15, 0.2) is 0 Å². The van der Waals surface area contributed by atoms with Crippen molar-refractivity contribution in [3.8, 4) is 0 Å². The Bertz CT molecular complexity index is 705. The van der Waals surface area contributed by atoms with E-state index in [0.29, 0.717) is 5.69 Å². The van der Waals surface area contributed by atoms with Crippen LogP contribution in [-0.4, -0.2) is 13.4 Å². The molecule has 20 heavy (non-hydrogen) atoms. The first-order chi connectivity index (χ1) is 9.40. The number of hydrogen-bond donors (Lipinski definition) is 2. The first-order valence-corrected chi connectivity index (χ1v) is 7.37. The van der Waals surface area contributed by atoms with Crippen molar-refractivity contribution >= 4 is 15.7 Å². The quantitative estimate of drug-likeness (QED) is 0.843. The first-order valence-electron chi connectivity index (χ1n) is 5.88.